The van der Waals surface area contributed by atoms with Gasteiger partial charge in [0.05, 0.1) is 10.4 Å². The average Bonchev–Trinajstić information content (AvgIpc) is 2.69. The summed E-state index contributed by atoms with van der Waals surface area (Å²) in [6.07, 6.45) is 6.79. The Morgan fingerprint density at radius 2 is 1.83 bits per heavy atom. The van der Waals surface area contributed by atoms with Crippen LogP contribution in [0.3, 0.4) is 0 Å². The molecule has 0 unspecified atom stereocenters. The van der Waals surface area contributed by atoms with Crippen LogP contribution >= 0.6 is 0 Å². The van der Waals surface area contributed by atoms with Gasteiger partial charge in [-0.25, -0.2) is 13.4 Å². The molecular formula is C20H24N6O3S. The summed E-state index contributed by atoms with van der Waals surface area (Å²) in [6, 6.07) is 8.08. The van der Waals surface area contributed by atoms with Gasteiger partial charge in [0, 0.05) is 30.2 Å². The molecule has 1 fully saturated rings. The molecule has 0 radical (unpaired) electrons. The molecule has 2 aromatic heterocycles. The van der Waals surface area contributed by atoms with Crippen LogP contribution in [0.5, 0.6) is 0 Å². The third kappa shape index (κ3) is 4.29. The van der Waals surface area contributed by atoms with E-state index >= 15 is 0 Å². The standard InChI is InChI=1S/C20H24N6O3S/c1-30(28,29)13-8-6-12(7-9-13)23-18-17-16(10-11-22-19(17)27)25-20(26-18)24-15-5-3-2-4-14(15)21/h6-11,14-15H,2-5,21H2,1H3,(H,22,27)(H2,23,24,25,26)/t14-,15+/m1/s1. The number of pyridine rings is 1. The number of nitrogens with zero attached hydrogens (tertiary/aromatic N) is 2. The molecule has 1 saturated carbocycles. The zero-order valence-electron chi connectivity index (χ0n) is 16.6. The van der Waals surface area contributed by atoms with Crippen molar-refractivity contribution in [3.63, 3.8) is 0 Å². The summed E-state index contributed by atoms with van der Waals surface area (Å²) in [5.74, 6) is 0.728. The monoisotopic (exact) mass is 428 g/mol. The van der Waals surface area contributed by atoms with Crippen LogP contribution in [0.25, 0.3) is 10.9 Å². The quantitative estimate of drug-likeness (QED) is 0.484. The molecule has 4 rings (SSSR count). The van der Waals surface area contributed by atoms with Gasteiger partial charge in [-0.15, -0.1) is 0 Å². The number of sulfone groups is 1. The highest BCUT2D eigenvalue weighted by atomic mass is 32.2. The SMILES string of the molecule is CS(=O)(=O)c1ccc(Nc2nc(N[C@H]3CCCC[C@H]3N)nc3cc[nH]c(=O)c23)cc1. The number of hydrogen-bond donors (Lipinski definition) is 4. The van der Waals surface area contributed by atoms with Gasteiger partial charge in [0.25, 0.3) is 5.56 Å². The van der Waals surface area contributed by atoms with Crippen LogP contribution < -0.4 is 21.9 Å². The van der Waals surface area contributed by atoms with Gasteiger partial charge in [0.2, 0.25) is 5.95 Å². The van der Waals surface area contributed by atoms with Gasteiger partial charge >= 0.3 is 0 Å². The van der Waals surface area contributed by atoms with Crippen molar-refractivity contribution in [1.82, 2.24) is 15.0 Å². The summed E-state index contributed by atoms with van der Waals surface area (Å²) in [7, 11) is -3.29. The molecule has 2 atom stereocenters. The van der Waals surface area contributed by atoms with Crippen molar-refractivity contribution in [2.24, 2.45) is 5.73 Å². The summed E-state index contributed by atoms with van der Waals surface area (Å²) in [5, 5.41) is 6.76. The molecule has 30 heavy (non-hydrogen) atoms. The smallest absolute Gasteiger partial charge is 0.261 e. The molecule has 0 spiro atoms. The van der Waals surface area contributed by atoms with Crippen molar-refractivity contribution in [1.29, 1.82) is 0 Å². The summed E-state index contributed by atoms with van der Waals surface area (Å²) in [5.41, 5.74) is 7.02. The second-order valence-corrected chi connectivity index (χ2v) is 9.60. The van der Waals surface area contributed by atoms with E-state index in [1.54, 1.807) is 24.4 Å². The number of hydrogen-bond acceptors (Lipinski definition) is 8. The molecule has 2 heterocycles. The molecule has 1 aliphatic rings. The molecule has 0 amide bonds. The molecule has 5 N–H and O–H groups in total. The van der Waals surface area contributed by atoms with E-state index in [0.717, 1.165) is 31.9 Å². The Morgan fingerprint density at radius 1 is 1.10 bits per heavy atom. The van der Waals surface area contributed by atoms with Crippen molar-refractivity contribution in [2.45, 2.75) is 42.7 Å². The first-order chi connectivity index (χ1) is 14.3. The van der Waals surface area contributed by atoms with E-state index in [1.165, 1.54) is 12.1 Å². The van der Waals surface area contributed by atoms with Gasteiger partial charge in [-0.05, 0) is 43.2 Å². The Morgan fingerprint density at radius 3 is 2.53 bits per heavy atom. The van der Waals surface area contributed by atoms with Crippen LogP contribution in [0, 0.1) is 0 Å². The first-order valence-electron chi connectivity index (χ1n) is 9.80. The second kappa shape index (κ2) is 8.04. The van der Waals surface area contributed by atoms with Crippen LogP contribution in [-0.2, 0) is 9.84 Å². The number of anilines is 3. The molecule has 9 nitrogen and oxygen atoms in total. The van der Waals surface area contributed by atoms with Gasteiger partial charge in [0.1, 0.15) is 11.2 Å². The second-order valence-electron chi connectivity index (χ2n) is 7.58. The number of aromatic nitrogens is 3. The highest BCUT2D eigenvalue weighted by molar-refractivity contribution is 7.90. The van der Waals surface area contributed by atoms with Crippen LogP contribution in [-0.4, -0.2) is 41.7 Å². The number of benzene rings is 1. The summed E-state index contributed by atoms with van der Waals surface area (Å²) < 4.78 is 23.4. The number of fused-ring (bicyclic) bond motifs is 1. The highest BCUT2D eigenvalue weighted by Gasteiger charge is 2.23. The number of aromatic amines is 1. The fourth-order valence-electron chi connectivity index (χ4n) is 3.67. The van der Waals surface area contributed by atoms with E-state index in [4.69, 9.17) is 5.73 Å². The lowest BCUT2D eigenvalue weighted by atomic mass is 9.91. The fraction of sp³-hybridized carbons (Fsp3) is 0.350. The summed E-state index contributed by atoms with van der Waals surface area (Å²) >= 11 is 0. The third-order valence-corrected chi connectivity index (χ3v) is 6.43. The molecule has 3 aromatic rings. The van der Waals surface area contributed by atoms with Crippen LogP contribution in [0.2, 0.25) is 0 Å². The average molecular weight is 429 g/mol. The molecule has 0 bridgehead atoms. The van der Waals surface area contributed by atoms with Gasteiger partial charge in [0.15, 0.2) is 9.84 Å². The first-order valence-corrected chi connectivity index (χ1v) is 11.7. The number of rotatable bonds is 5. The Kier molecular flexibility index (Phi) is 5.44. The van der Waals surface area contributed by atoms with E-state index in [2.05, 4.69) is 25.6 Å². The van der Waals surface area contributed by atoms with E-state index in [-0.39, 0.29) is 22.5 Å². The number of H-pyrrole nitrogens is 1. The molecule has 1 aliphatic carbocycles. The fourth-order valence-corrected chi connectivity index (χ4v) is 4.30. The molecule has 10 heteroatoms. The third-order valence-electron chi connectivity index (χ3n) is 5.30. The largest absolute Gasteiger partial charge is 0.350 e. The maximum Gasteiger partial charge on any atom is 0.261 e. The van der Waals surface area contributed by atoms with Crippen LogP contribution in [0.15, 0.2) is 46.2 Å². The summed E-state index contributed by atoms with van der Waals surface area (Å²) in [4.78, 5) is 24.3. The lowest BCUT2D eigenvalue weighted by molar-refractivity contribution is 0.402. The number of nitrogens with one attached hydrogen (secondary N) is 3. The zero-order chi connectivity index (χ0) is 21.3. The Hall–Kier alpha value is -2.98. The van der Waals surface area contributed by atoms with E-state index in [9.17, 15) is 13.2 Å². The van der Waals surface area contributed by atoms with Crippen LogP contribution in [0.1, 0.15) is 25.7 Å². The van der Waals surface area contributed by atoms with Crippen molar-refractivity contribution in [3.8, 4) is 0 Å². The Bertz CT molecular complexity index is 1220. The first kappa shape index (κ1) is 20.3. The van der Waals surface area contributed by atoms with E-state index in [0.29, 0.717) is 28.4 Å². The van der Waals surface area contributed by atoms with Crippen molar-refractivity contribution in [3.05, 3.63) is 46.9 Å². The topological polar surface area (TPSA) is 143 Å². The minimum Gasteiger partial charge on any atom is -0.350 e. The van der Waals surface area contributed by atoms with Crippen molar-refractivity contribution in [2.75, 3.05) is 16.9 Å². The molecule has 0 saturated heterocycles. The van der Waals surface area contributed by atoms with Gasteiger partial charge in [-0.3, -0.25) is 4.79 Å². The van der Waals surface area contributed by atoms with Crippen molar-refractivity contribution < 1.29 is 8.42 Å². The minimum atomic E-state index is -3.29. The normalized spacial score (nSPS) is 19.5. The van der Waals surface area contributed by atoms with E-state index in [1.807, 2.05) is 0 Å². The van der Waals surface area contributed by atoms with Gasteiger partial charge in [-0.2, -0.15) is 4.98 Å². The molecule has 158 valence electrons. The van der Waals surface area contributed by atoms with E-state index < -0.39 is 9.84 Å². The van der Waals surface area contributed by atoms with Gasteiger partial charge < -0.3 is 21.4 Å². The maximum absolute atomic E-state index is 12.4. The van der Waals surface area contributed by atoms with Crippen molar-refractivity contribution >= 4 is 38.2 Å². The van der Waals surface area contributed by atoms with Gasteiger partial charge in [-0.1, -0.05) is 12.8 Å². The molecule has 0 aliphatic heterocycles. The Balaban J connectivity index is 1.71. The maximum atomic E-state index is 12.4. The molecular weight excluding hydrogens is 404 g/mol. The Labute approximate surface area is 174 Å². The van der Waals surface area contributed by atoms with Crippen LogP contribution in [0.4, 0.5) is 17.5 Å². The minimum absolute atomic E-state index is 0.0252. The molecule has 1 aromatic carbocycles. The predicted molar refractivity (Wildman–Crippen MR) is 117 cm³/mol. The highest BCUT2D eigenvalue weighted by Crippen LogP contribution is 2.25. The zero-order valence-corrected chi connectivity index (χ0v) is 17.4. The summed E-state index contributed by atoms with van der Waals surface area (Å²) in [6.45, 7) is 0. The lowest BCUT2D eigenvalue weighted by Gasteiger charge is -2.29. The predicted octanol–water partition coefficient (Wildman–Crippen LogP) is 2.15. The lowest BCUT2D eigenvalue weighted by Crippen LogP contribution is -2.43. The number of nitrogens with two attached hydrogens (primary N) is 1.